The van der Waals surface area contributed by atoms with Gasteiger partial charge in [0.15, 0.2) is 0 Å². The van der Waals surface area contributed by atoms with Crippen LogP contribution in [0.2, 0.25) is 0 Å². The summed E-state index contributed by atoms with van der Waals surface area (Å²) in [6, 6.07) is 17.2. The molecular weight excluding hydrogens is 424 g/mol. The second-order valence-electron chi connectivity index (χ2n) is 7.85. The number of aryl methyl sites for hydroxylation is 3. The van der Waals surface area contributed by atoms with Crippen molar-refractivity contribution in [2.24, 2.45) is 0 Å². The largest absolute Gasteiger partial charge is 0.497 e. The predicted molar refractivity (Wildman–Crippen MR) is 127 cm³/mol. The first-order valence-electron chi connectivity index (χ1n) is 10.3. The van der Waals surface area contributed by atoms with Gasteiger partial charge in [0.25, 0.3) is 15.9 Å². The number of hydrogen-bond acceptors (Lipinski definition) is 4. The average molecular weight is 453 g/mol. The predicted octanol–water partition coefficient (Wildman–Crippen LogP) is 4.91. The summed E-state index contributed by atoms with van der Waals surface area (Å²) < 4.78 is 33.9. The molecule has 0 aromatic heterocycles. The molecule has 0 saturated heterocycles. The lowest BCUT2D eigenvalue weighted by Crippen LogP contribution is -2.27. The lowest BCUT2D eigenvalue weighted by atomic mass is 10.1. The number of hydrogen-bond donors (Lipinski definition) is 2. The van der Waals surface area contributed by atoms with Gasteiger partial charge in [-0.1, -0.05) is 24.3 Å². The van der Waals surface area contributed by atoms with E-state index in [9.17, 15) is 13.2 Å². The number of nitrogens with one attached hydrogen (secondary N) is 2. The topological polar surface area (TPSA) is 84.5 Å². The van der Waals surface area contributed by atoms with Gasteiger partial charge >= 0.3 is 0 Å². The molecule has 0 heterocycles. The molecular formula is C25H28N2O4S. The zero-order valence-corrected chi connectivity index (χ0v) is 19.7. The van der Waals surface area contributed by atoms with Crippen LogP contribution in [0.25, 0.3) is 0 Å². The monoisotopic (exact) mass is 452 g/mol. The van der Waals surface area contributed by atoms with Gasteiger partial charge in [-0.15, -0.1) is 0 Å². The van der Waals surface area contributed by atoms with Crippen LogP contribution < -0.4 is 14.8 Å². The summed E-state index contributed by atoms with van der Waals surface area (Å²) in [5.41, 5.74) is 4.29. The van der Waals surface area contributed by atoms with E-state index in [4.69, 9.17) is 4.74 Å². The first-order chi connectivity index (χ1) is 15.1. The van der Waals surface area contributed by atoms with E-state index in [1.165, 1.54) is 6.07 Å². The Morgan fingerprint density at radius 1 is 0.875 bits per heavy atom. The van der Waals surface area contributed by atoms with Crippen molar-refractivity contribution in [3.63, 3.8) is 0 Å². The number of anilines is 1. The Balaban J connectivity index is 1.81. The van der Waals surface area contributed by atoms with Crippen molar-refractivity contribution < 1.29 is 17.9 Å². The van der Waals surface area contributed by atoms with E-state index in [0.29, 0.717) is 11.3 Å². The number of methoxy groups -OCH3 is 1. The van der Waals surface area contributed by atoms with E-state index in [1.54, 1.807) is 38.3 Å². The first-order valence-corrected chi connectivity index (χ1v) is 11.7. The van der Waals surface area contributed by atoms with Crippen molar-refractivity contribution in [3.8, 4) is 5.75 Å². The third kappa shape index (κ3) is 5.29. The van der Waals surface area contributed by atoms with Crippen LogP contribution >= 0.6 is 0 Å². The summed E-state index contributed by atoms with van der Waals surface area (Å²) in [7, 11) is -2.27. The standard InChI is InChI=1S/C25H28N2O4S/c1-16-7-11-22(14-18(16)3)27-32(29,30)24-15-21(8-6-17(24)2)25(28)26-19(4)20-9-12-23(31-5)13-10-20/h6-15,19,27H,1-5H3,(H,26,28)/t19-/m1/s1. The second-order valence-corrected chi connectivity index (χ2v) is 9.50. The molecule has 0 aliphatic heterocycles. The summed E-state index contributed by atoms with van der Waals surface area (Å²) in [5, 5.41) is 2.92. The number of carbonyl (C=O) groups is 1. The van der Waals surface area contributed by atoms with Crippen LogP contribution in [-0.2, 0) is 10.0 Å². The van der Waals surface area contributed by atoms with E-state index in [2.05, 4.69) is 10.0 Å². The quantitative estimate of drug-likeness (QED) is 0.533. The second kappa shape index (κ2) is 9.44. The summed E-state index contributed by atoms with van der Waals surface area (Å²) in [5.74, 6) is 0.382. The van der Waals surface area contributed by atoms with Gasteiger partial charge in [0.05, 0.1) is 18.0 Å². The molecule has 0 spiro atoms. The number of sulfonamides is 1. The average Bonchev–Trinajstić information content (AvgIpc) is 2.76. The normalized spacial score (nSPS) is 12.2. The SMILES string of the molecule is COc1ccc([C@@H](C)NC(=O)c2ccc(C)c(S(=O)(=O)Nc3ccc(C)c(C)c3)c2)cc1. The van der Waals surface area contributed by atoms with Crippen LogP contribution in [0.3, 0.4) is 0 Å². The molecule has 1 amide bonds. The van der Waals surface area contributed by atoms with E-state index < -0.39 is 10.0 Å². The van der Waals surface area contributed by atoms with Gasteiger partial charge in [0, 0.05) is 11.3 Å². The van der Waals surface area contributed by atoms with Gasteiger partial charge in [-0.3, -0.25) is 9.52 Å². The van der Waals surface area contributed by atoms with E-state index in [-0.39, 0.29) is 22.4 Å². The van der Waals surface area contributed by atoms with Gasteiger partial charge < -0.3 is 10.1 Å². The fourth-order valence-corrected chi connectivity index (χ4v) is 4.62. The van der Waals surface area contributed by atoms with Crippen molar-refractivity contribution in [1.29, 1.82) is 0 Å². The molecule has 0 aliphatic carbocycles. The highest BCUT2D eigenvalue weighted by Gasteiger charge is 2.20. The highest BCUT2D eigenvalue weighted by Crippen LogP contribution is 2.23. The maximum atomic E-state index is 13.0. The van der Waals surface area contributed by atoms with Gasteiger partial charge in [-0.25, -0.2) is 8.42 Å². The molecule has 0 radical (unpaired) electrons. The van der Waals surface area contributed by atoms with E-state index in [0.717, 1.165) is 22.4 Å². The van der Waals surface area contributed by atoms with Crippen molar-refractivity contribution in [2.45, 2.75) is 38.6 Å². The minimum atomic E-state index is -3.86. The fourth-order valence-electron chi connectivity index (χ4n) is 3.30. The van der Waals surface area contributed by atoms with Gasteiger partial charge in [0.2, 0.25) is 0 Å². The number of amides is 1. The molecule has 0 unspecified atom stereocenters. The molecule has 1 atom stereocenters. The Morgan fingerprint density at radius 3 is 2.16 bits per heavy atom. The number of rotatable bonds is 7. The molecule has 32 heavy (non-hydrogen) atoms. The third-order valence-electron chi connectivity index (χ3n) is 5.46. The fraction of sp³-hybridized carbons (Fsp3) is 0.240. The lowest BCUT2D eigenvalue weighted by molar-refractivity contribution is 0.0939. The molecule has 6 nitrogen and oxygen atoms in total. The van der Waals surface area contributed by atoms with Crippen LogP contribution in [-0.4, -0.2) is 21.4 Å². The highest BCUT2D eigenvalue weighted by molar-refractivity contribution is 7.92. The molecule has 0 bridgehead atoms. The Labute approximate surface area is 189 Å². The molecule has 2 N–H and O–H groups in total. The van der Waals surface area contributed by atoms with Crippen LogP contribution in [0, 0.1) is 20.8 Å². The summed E-state index contributed by atoms with van der Waals surface area (Å²) in [6.07, 6.45) is 0. The minimum Gasteiger partial charge on any atom is -0.497 e. The van der Waals surface area contributed by atoms with Crippen molar-refractivity contribution >= 4 is 21.6 Å². The Kier molecular flexibility index (Phi) is 6.89. The number of carbonyl (C=O) groups excluding carboxylic acids is 1. The van der Waals surface area contributed by atoms with E-state index >= 15 is 0 Å². The molecule has 3 aromatic rings. The Bertz CT molecular complexity index is 1240. The first kappa shape index (κ1) is 23.3. The van der Waals surface area contributed by atoms with Crippen LogP contribution in [0.5, 0.6) is 5.75 Å². The summed E-state index contributed by atoms with van der Waals surface area (Å²) >= 11 is 0. The van der Waals surface area contributed by atoms with E-state index in [1.807, 2.05) is 51.1 Å². The molecule has 3 rings (SSSR count). The zero-order valence-electron chi connectivity index (χ0n) is 18.9. The van der Waals surface area contributed by atoms with Crippen molar-refractivity contribution in [1.82, 2.24) is 5.32 Å². The molecule has 0 fully saturated rings. The molecule has 0 aliphatic rings. The smallest absolute Gasteiger partial charge is 0.262 e. The maximum absolute atomic E-state index is 13.0. The summed E-state index contributed by atoms with van der Waals surface area (Å²) in [6.45, 7) is 7.46. The molecule has 7 heteroatoms. The number of benzene rings is 3. The van der Waals surface area contributed by atoms with Crippen molar-refractivity contribution in [2.75, 3.05) is 11.8 Å². The minimum absolute atomic E-state index is 0.0699. The van der Waals surface area contributed by atoms with Crippen LogP contribution in [0.15, 0.2) is 65.6 Å². The van der Waals surface area contributed by atoms with Gasteiger partial charge in [0.1, 0.15) is 5.75 Å². The summed E-state index contributed by atoms with van der Waals surface area (Å²) in [4.78, 5) is 12.9. The Hall–Kier alpha value is -3.32. The van der Waals surface area contributed by atoms with Crippen molar-refractivity contribution in [3.05, 3.63) is 88.5 Å². The lowest BCUT2D eigenvalue weighted by Gasteiger charge is -2.16. The van der Waals surface area contributed by atoms with Crippen LogP contribution in [0.1, 0.15) is 45.6 Å². The van der Waals surface area contributed by atoms with Gasteiger partial charge in [-0.2, -0.15) is 0 Å². The molecule has 0 saturated carbocycles. The van der Waals surface area contributed by atoms with Gasteiger partial charge in [-0.05, 0) is 86.3 Å². The van der Waals surface area contributed by atoms with Crippen LogP contribution in [0.4, 0.5) is 5.69 Å². The zero-order chi connectivity index (χ0) is 23.5. The maximum Gasteiger partial charge on any atom is 0.262 e. The Morgan fingerprint density at radius 2 is 1.53 bits per heavy atom. The highest BCUT2D eigenvalue weighted by atomic mass is 32.2. The third-order valence-corrected chi connectivity index (χ3v) is 6.99. The molecule has 3 aromatic carbocycles. The molecule has 168 valence electrons. The number of ether oxygens (including phenoxy) is 1.